The van der Waals surface area contributed by atoms with Crippen LogP contribution in [0.3, 0.4) is 0 Å². The third-order valence-corrected chi connectivity index (χ3v) is 10.6. The normalized spacial score (nSPS) is 13.8. The lowest BCUT2D eigenvalue weighted by Gasteiger charge is -2.36. The summed E-state index contributed by atoms with van der Waals surface area (Å²) in [6.45, 7) is 3.11. The Kier molecular flexibility index (Phi) is 10.5. The number of ether oxygens (including phenoxy) is 2. The van der Waals surface area contributed by atoms with Crippen LogP contribution in [0.4, 0.5) is 64.1 Å². The second-order valence-electron chi connectivity index (χ2n) is 14.3. The number of nitrogens with two attached hydrogens (primary N) is 2. The van der Waals surface area contributed by atoms with Gasteiger partial charge in [-0.05, 0) is 118 Å². The van der Waals surface area contributed by atoms with Crippen LogP contribution in [0.2, 0.25) is 0 Å². The van der Waals surface area contributed by atoms with Crippen molar-refractivity contribution in [2.75, 3.05) is 11.5 Å². The first-order chi connectivity index (χ1) is 28.5. The van der Waals surface area contributed by atoms with Crippen LogP contribution in [0.5, 0.6) is 23.0 Å². The molecule has 0 bridgehead atoms. The SMILES string of the molecule is CCc1cc(N)ccc1Oc1c(C(F)(F)F)cc(C2(c3cc(C(F)(F)F)c(Oc4ccc(N)cc4CC)c(C(F)(F)F)c3)c3ccccc3-c3ccccc32)cc1C(F)(F)F. The largest absolute Gasteiger partial charge is 0.456 e. The van der Waals surface area contributed by atoms with Crippen LogP contribution >= 0.6 is 0 Å². The Morgan fingerprint density at radius 2 is 0.754 bits per heavy atom. The average Bonchev–Trinajstić information content (AvgIpc) is 3.48. The molecular weight excluding hydrogens is 828 g/mol. The summed E-state index contributed by atoms with van der Waals surface area (Å²) >= 11 is 0. The maximum atomic E-state index is 15.3. The van der Waals surface area contributed by atoms with E-state index in [9.17, 15) is 0 Å². The Bertz CT molecular complexity index is 2410. The molecule has 1 aliphatic rings. The molecule has 0 unspecified atom stereocenters. The van der Waals surface area contributed by atoms with E-state index in [1.807, 2.05) is 0 Å². The second kappa shape index (κ2) is 15.0. The maximum Gasteiger partial charge on any atom is 0.420 e. The first-order valence-electron chi connectivity index (χ1n) is 18.5. The fraction of sp³-hybridized carbons (Fsp3) is 0.200. The van der Waals surface area contributed by atoms with Gasteiger partial charge in [-0.15, -0.1) is 0 Å². The average molecular weight is 861 g/mol. The van der Waals surface area contributed by atoms with E-state index in [4.69, 9.17) is 20.9 Å². The van der Waals surface area contributed by atoms with Crippen LogP contribution in [-0.2, 0) is 43.0 Å². The molecule has 0 heterocycles. The second-order valence-corrected chi connectivity index (χ2v) is 14.3. The highest BCUT2D eigenvalue weighted by Gasteiger charge is 2.53. The number of alkyl halides is 12. The summed E-state index contributed by atoms with van der Waals surface area (Å²) in [5.74, 6) is -4.19. The Morgan fingerprint density at radius 1 is 0.443 bits per heavy atom. The molecule has 16 heteroatoms. The van der Waals surface area contributed by atoms with Crippen molar-refractivity contribution in [3.05, 3.63) is 165 Å². The van der Waals surface area contributed by atoms with Crippen LogP contribution in [0.1, 0.15) is 69.5 Å². The van der Waals surface area contributed by atoms with Crippen molar-refractivity contribution < 1.29 is 62.2 Å². The van der Waals surface area contributed by atoms with Gasteiger partial charge in [0.15, 0.2) is 11.5 Å². The number of aryl methyl sites for hydroxylation is 2. The van der Waals surface area contributed by atoms with E-state index in [0.717, 1.165) is 12.1 Å². The number of anilines is 2. The minimum Gasteiger partial charge on any atom is -0.456 e. The summed E-state index contributed by atoms with van der Waals surface area (Å²) in [5, 5.41) is 0. The number of rotatable bonds is 8. The predicted octanol–water partition coefficient (Wildman–Crippen LogP) is 14.0. The highest BCUT2D eigenvalue weighted by atomic mass is 19.4. The van der Waals surface area contributed by atoms with Gasteiger partial charge in [-0.3, -0.25) is 0 Å². The number of halogens is 12. The standard InChI is InChI=1S/C45H32F12N2O2/c1-3-23-17-27(58)13-15-37(23)60-39-33(42(46,47)48)19-25(20-34(39)43(49,50)51)41(31-11-7-5-9-29(31)30-10-6-8-12-32(30)41)26-21-35(44(52,53)54)40(36(22-26)45(55,56)57)61-38-16-14-28(59)18-24(38)4-2/h5-22H,3-4,58-59H2,1-2H3. The predicted molar refractivity (Wildman–Crippen MR) is 204 cm³/mol. The fourth-order valence-electron chi connectivity index (χ4n) is 7.95. The van der Waals surface area contributed by atoms with Crippen molar-refractivity contribution in [2.24, 2.45) is 0 Å². The lowest BCUT2D eigenvalue weighted by atomic mass is 9.66. The van der Waals surface area contributed by atoms with E-state index in [2.05, 4.69) is 0 Å². The number of fused-ring (bicyclic) bond motifs is 3. The third-order valence-electron chi connectivity index (χ3n) is 10.6. The third kappa shape index (κ3) is 7.56. The molecule has 318 valence electrons. The first kappa shape index (κ1) is 42.8. The minimum atomic E-state index is -5.63. The van der Waals surface area contributed by atoms with Gasteiger partial charge in [0.2, 0.25) is 0 Å². The molecule has 0 aromatic heterocycles. The van der Waals surface area contributed by atoms with Crippen LogP contribution in [0, 0.1) is 0 Å². The minimum absolute atomic E-state index is 0.0682. The van der Waals surface area contributed by atoms with Gasteiger partial charge in [0.25, 0.3) is 0 Å². The maximum absolute atomic E-state index is 15.3. The molecule has 61 heavy (non-hydrogen) atoms. The zero-order valence-electron chi connectivity index (χ0n) is 31.8. The first-order valence-corrected chi connectivity index (χ1v) is 18.5. The van der Waals surface area contributed by atoms with Crippen LogP contribution in [0.25, 0.3) is 11.1 Å². The molecule has 0 amide bonds. The summed E-state index contributed by atoms with van der Waals surface area (Å²) in [5.41, 5.74) is -0.540. The quantitative estimate of drug-likeness (QED) is 0.118. The molecule has 4 nitrogen and oxygen atoms in total. The summed E-state index contributed by atoms with van der Waals surface area (Å²) < 4.78 is 195. The molecule has 0 radical (unpaired) electrons. The van der Waals surface area contributed by atoms with Gasteiger partial charge < -0.3 is 20.9 Å². The highest BCUT2D eigenvalue weighted by Crippen LogP contribution is 2.60. The molecule has 0 saturated carbocycles. The number of benzene rings is 6. The summed E-state index contributed by atoms with van der Waals surface area (Å²) in [4.78, 5) is 0. The highest BCUT2D eigenvalue weighted by molar-refractivity contribution is 5.87. The van der Waals surface area contributed by atoms with Crippen molar-refractivity contribution in [1.29, 1.82) is 0 Å². The Morgan fingerprint density at radius 3 is 1.05 bits per heavy atom. The Balaban J connectivity index is 1.65. The molecule has 4 N–H and O–H groups in total. The van der Waals surface area contributed by atoms with Crippen LogP contribution in [0.15, 0.2) is 109 Å². The monoisotopic (exact) mass is 860 g/mol. The van der Waals surface area contributed by atoms with Crippen molar-refractivity contribution in [3.8, 4) is 34.1 Å². The Labute approximate surface area is 340 Å². The zero-order valence-corrected chi connectivity index (χ0v) is 31.8. The van der Waals surface area contributed by atoms with Gasteiger partial charge in [-0.25, -0.2) is 0 Å². The van der Waals surface area contributed by atoms with Gasteiger partial charge in [0, 0.05) is 11.4 Å². The molecule has 0 aliphatic heterocycles. The van der Waals surface area contributed by atoms with E-state index in [-0.39, 0.29) is 81.9 Å². The van der Waals surface area contributed by atoms with Crippen molar-refractivity contribution in [1.82, 2.24) is 0 Å². The number of hydrogen-bond donors (Lipinski definition) is 2. The smallest absolute Gasteiger partial charge is 0.420 e. The fourth-order valence-corrected chi connectivity index (χ4v) is 7.95. The van der Waals surface area contributed by atoms with Gasteiger partial charge in [-0.1, -0.05) is 62.4 Å². The van der Waals surface area contributed by atoms with E-state index in [1.165, 1.54) is 72.8 Å². The molecule has 0 fully saturated rings. The molecule has 0 saturated heterocycles. The van der Waals surface area contributed by atoms with Crippen LogP contribution < -0.4 is 20.9 Å². The van der Waals surface area contributed by atoms with Crippen molar-refractivity contribution >= 4 is 11.4 Å². The molecule has 1 aliphatic carbocycles. The topological polar surface area (TPSA) is 70.5 Å². The lowest BCUT2D eigenvalue weighted by Crippen LogP contribution is -2.31. The van der Waals surface area contributed by atoms with Gasteiger partial charge in [0.05, 0.1) is 27.7 Å². The summed E-state index contributed by atoms with van der Waals surface area (Å²) in [6, 6.07) is 19.1. The molecular formula is C45H32F12N2O2. The van der Waals surface area contributed by atoms with Gasteiger partial charge >= 0.3 is 24.7 Å². The Hall–Kier alpha value is -6.32. The van der Waals surface area contributed by atoms with Crippen LogP contribution in [-0.4, -0.2) is 0 Å². The molecule has 0 atom stereocenters. The van der Waals surface area contributed by atoms with E-state index < -0.39 is 86.5 Å². The van der Waals surface area contributed by atoms with Crippen molar-refractivity contribution in [2.45, 2.75) is 56.8 Å². The van der Waals surface area contributed by atoms with Gasteiger partial charge in [0.1, 0.15) is 11.5 Å². The van der Waals surface area contributed by atoms with Crippen molar-refractivity contribution in [3.63, 3.8) is 0 Å². The van der Waals surface area contributed by atoms with E-state index in [1.54, 1.807) is 13.8 Å². The van der Waals surface area contributed by atoms with Gasteiger partial charge in [-0.2, -0.15) is 52.7 Å². The molecule has 0 spiro atoms. The summed E-state index contributed by atoms with van der Waals surface area (Å²) in [7, 11) is 0. The number of nitrogen functional groups attached to an aromatic ring is 2. The molecule has 7 rings (SSSR count). The molecule has 6 aromatic rings. The van der Waals surface area contributed by atoms with E-state index in [0.29, 0.717) is 0 Å². The van der Waals surface area contributed by atoms with E-state index >= 15 is 52.7 Å². The lowest BCUT2D eigenvalue weighted by molar-refractivity contribution is -0.146. The summed E-state index contributed by atoms with van der Waals surface area (Å²) in [6.07, 6.45) is -22.4. The number of hydrogen-bond acceptors (Lipinski definition) is 4. The zero-order chi connectivity index (χ0) is 44.4. The molecule has 6 aromatic carbocycles.